The first-order chi connectivity index (χ1) is 12.9. The fraction of sp³-hybridized carbons (Fsp3) is 0.263. The number of rotatable bonds is 4. The van der Waals surface area contributed by atoms with Crippen LogP contribution in [0.1, 0.15) is 25.3 Å². The van der Waals surface area contributed by atoms with Crippen LogP contribution in [-0.4, -0.2) is 37.4 Å². The number of aryl methyl sites for hydroxylation is 1. The maximum absolute atomic E-state index is 11.7. The van der Waals surface area contributed by atoms with Crippen molar-refractivity contribution in [3.05, 3.63) is 41.8 Å². The van der Waals surface area contributed by atoms with Crippen molar-refractivity contribution in [2.24, 2.45) is 4.99 Å². The Kier molecular flexibility index (Phi) is 4.15. The number of aromatic hydroxyl groups is 1. The second kappa shape index (κ2) is 6.38. The number of aliphatic imine (C=N–C) groups is 1. The predicted octanol–water partition coefficient (Wildman–Crippen LogP) is 3.85. The topological polar surface area (TPSA) is 102 Å². The van der Waals surface area contributed by atoms with Crippen LogP contribution in [-0.2, 0) is 4.79 Å². The van der Waals surface area contributed by atoms with Gasteiger partial charge >= 0.3 is 5.95 Å². The minimum atomic E-state index is -0.459. The summed E-state index contributed by atoms with van der Waals surface area (Å²) in [5.74, 6) is 0.330. The van der Waals surface area contributed by atoms with Crippen molar-refractivity contribution in [2.45, 2.75) is 31.6 Å². The van der Waals surface area contributed by atoms with Gasteiger partial charge in [-0.1, -0.05) is 47.3 Å². The van der Waals surface area contributed by atoms with Crippen molar-refractivity contribution in [3.8, 4) is 28.7 Å². The predicted molar refractivity (Wildman–Crippen MR) is 102 cm³/mol. The Bertz CT molecular complexity index is 1040. The molecule has 1 saturated heterocycles. The maximum atomic E-state index is 11.7. The van der Waals surface area contributed by atoms with Crippen LogP contribution in [0.25, 0.3) is 22.7 Å². The monoisotopic (exact) mass is 383 g/mol. The van der Waals surface area contributed by atoms with E-state index in [1.165, 1.54) is 18.0 Å². The zero-order valence-corrected chi connectivity index (χ0v) is 15.8. The first kappa shape index (κ1) is 17.5. The van der Waals surface area contributed by atoms with Crippen molar-refractivity contribution in [1.29, 1.82) is 0 Å². The van der Waals surface area contributed by atoms with E-state index in [1.807, 2.05) is 44.2 Å². The fourth-order valence-electron chi connectivity index (χ4n) is 2.91. The van der Waals surface area contributed by atoms with E-state index in [-0.39, 0.29) is 27.4 Å². The third-order valence-corrected chi connectivity index (χ3v) is 5.52. The van der Waals surface area contributed by atoms with Crippen LogP contribution in [0.15, 0.2) is 44.3 Å². The molecular formula is C19H17N3O4S. The highest BCUT2D eigenvalue weighted by atomic mass is 32.2. The van der Waals surface area contributed by atoms with Crippen LogP contribution >= 0.6 is 11.8 Å². The second-order valence-corrected chi connectivity index (χ2v) is 8.40. The van der Waals surface area contributed by atoms with Gasteiger partial charge in [-0.15, -0.1) is 0 Å². The summed E-state index contributed by atoms with van der Waals surface area (Å²) in [4.78, 5) is 20.3. The molecule has 2 aromatic heterocycles. The summed E-state index contributed by atoms with van der Waals surface area (Å²) in [6, 6.07) is 9.03. The minimum absolute atomic E-state index is 0.000649. The second-order valence-electron chi connectivity index (χ2n) is 6.74. The molecule has 7 nitrogen and oxygen atoms in total. The van der Waals surface area contributed by atoms with Gasteiger partial charge in [-0.25, -0.2) is 4.98 Å². The lowest BCUT2D eigenvalue weighted by atomic mass is 10.0. The van der Waals surface area contributed by atoms with Gasteiger partial charge in [-0.2, -0.15) is 0 Å². The molecule has 1 fully saturated rings. The lowest BCUT2D eigenvalue weighted by Gasteiger charge is -2.38. The first-order valence-electron chi connectivity index (χ1n) is 8.34. The average Bonchev–Trinajstić information content (AvgIpc) is 3.18. The molecular weight excluding hydrogens is 366 g/mol. The molecule has 0 radical (unpaired) electrons. The summed E-state index contributed by atoms with van der Waals surface area (Å²) in [6.07, 6.45) is 1.37. The highest BCUT2D eigenvalue weighted by Gasteiger charge is 2.47. The molecule has 3 aromatic rings. The molecule has 0 bridgehead atoms. The third-order valence-electron chi connectivity index (χ3n) is 4.35. The molecule has 1 N–H and O–H groups in total. The molecule has 1 aromatic carbocycles. The van der Waals surface area contributed by atoms with E-state index in [2.05, 4.69) is 15.1 Å². The molecule has 1 aliphatic heterocycles. The third kappa shape index (κ3) is 3.06. The lowest BCUT2D eigenvalue weighted by Crippen LogP contribution is -2.48. The van der Waals surface area contributed by atoms with Crippen LogP contribution in [0.3, 0.4) is 0 Å². The van der Waals surface area contributed by atoms with Gasteiger partial charge in [0.1, 0.15) is 23.1 Å². The number of oxazole rings is 1. The van der Waals surface area contributed by atoms with Crippen LogP contribution < -0.4 is 0 Å². The standard InChI is InChI=1S/C19H17N3O4S/c1-10-13(14(22-26-10)11-7-5-4-6-8-11)16-21-12(17(23)25-16)9-20-15-18(24)27-19(15,2)3/h4-9,15,23H,1-3H3/t15-/m0/s1. The number of carbonyl (C=O) groups is 1. The van der Waals surface area contributed by atoms with Crippen LogP contribution in [0, 0.1) is 6.92 Å². The number of aromatic nitrogens is 2. The Morgan fingerprint density at radius 2 is 2.04 bits per heavy atom. The highest BCUT2D eigenvalue weighted by molar-refractivity contribution is 8.17. The van der Waals surface area contributed by atoms with Crippen molar-refractivity contribution in [1.82, 2.24) is 10.1 Å². The Morgan fingerprint density at radius 1 is 1.30 bits per heavy atom. The number of thioether (sulfide) groups is 1. The SMILES string of the molecule is Cc1onc(-c2ccccc2)c1-c1nc(C=N[C@H]2C(=O)SC2(C)C)c(O)o1. The van der Waals surface area contributed by atoms with Gasteiger partial charge in [0.15, 0.2) is 5.69 Å². The quantitative estimate of drug-likeness (QED) is 0.683. The zero-order valence-electron chi connectivity index (χ0n) is 15.0. The normalized spacial score (nSPS) is 18.8. The first-order valence-corrected chi connectivity index (χ1v) is 9.16. The number of benzene rings is 1. The van der Waals surface area contributed by atoms with Crippen molar-refractivity contribution in [2.75, 3.05) is 0 Å². The smallest absolute Gasteiger partial charge is 0.312 e. The molecule has 1 aliphatic rings. The van der Waals surface area contributed by atoms with Crippen LogP contribution in [0.5, 0.6) is 5.95 Å². The van der Waals surface area contributed by atoms with Crippen molar-refractivity contribution in [3.63, 3.8) is 0 Å². The van der Waals surface area contributed by atoms with Gasteiger partial charge in [0.25, 0.3) is 0 Å². The Balaban J connectivity index is 1.69. The summed E-state index contributed by atoms with van der Waals surface area (Å²) >= 11 is 1.26. The van der Waals surface area contributed by atoms with Crippen LogP contribution in [0.4, 0.5) is 0 Å². The zero-order chi connectivity index (χ0) is 19.2. The summed E-state index contributed by atoms with van der Waals surface area (Å²) in [7, 11) is 0. The van der Waals surface area contributed by atoms with E-state index in [1.54, 1.807) is 6.92 Å². The van der Waals surface area contributed by atoms with Gasteiger partial charge in [-0.3, -0.25) is 9.79 Å². The van der Waals surface area contributed by atoms with E-state index in [9.17, 15) is 9.90 Å². The molecule has 1 atom stereocenters. The van der Waals surface area contributed by atoms with Crippen molar-refractivity contribution < 1.29 is 18.8 Å². The Hall–Kier alpha value is -2.87. The van der Waals surface area contributed by atoms with Gasteiger partial charge < -0.3 is 14.0 Å². The van der Waals surface area contributed by atoms with Gasteiger partial charge in [0.2, 0.25) is 11.0 Å². The molecule has 3 heterocycles. The van der Waals surface area contributed by atoms with Crippen LogP contribution in [0.2, 0.25) is 0 Å². The number of carbonyl (C=O) groups excluding carboxylic acids is 1. The summed E-state index contributed by atoms with van der Waals surface area (Å²) in [5, 5.41) is 14.2. The van der Waals surface area contributed by atoms with Gasteiger partial charge in [-0.05, 0) is 20.8 Å². The molecule has 4 rings (SSSR count). The number of hydrogen-bond donors (Lipinski definition) is 1. The van der Waals surface area contributed by atoms with E-state index in [0.29, 0.717) is 17.0 Å². The van der Waals surface area contributed by atoms with Gasteiger partial charge in [0, 0.05) is 10.3 Å². The average molecular weight is 383 g/mol. The highest BCUT2D eigenvalue weighted by Crippen LogP contribution is 2.43. The Morgan fingerprint density at radius 3 is 2.70 bits per heavy atom. The number of hydrogen-bond acceptors (Lipinski definition) is 8. The molecule has 27 heavy (non-hydrogen) atoms. The summed E-state index contributed by atoms with van der Waals surface area (Å²) in [6.45, 7) is 5.64. The van der Waals surface area contributed by atoms with E-state index >= 15 is 0 Å². The molecule has 0 saturated carbocycles. The van der Waals surface area contributed by atoms with E-state index < -0.39 is 6.04 Å². The Labute approximate surface area is 159 Å². The summed E-state index contributed by atoms with van der Waals surface area (Å²) < 4.78 is 10.5. The molecule has 0 amide bonds. The number of nitrogens with zero attached hydrogens (tertiary/aromatic N) is 3. The molecule has 0 unspecified atom stereocenters. The largest absolute Gasteiger partial charge is 0.479 e. The fourth-order valence-corrected chi connectivity index (χ4v) is 3.99. The summed E-state index contributed by atoms with van der Waals surface area (Å²) in [5.41, 5.74) is 2.14. The lowest BCUT2D eigenvalue weighted by molar-refractivity contribution is -0.114. The minimum Gasteiger partial charge on any atom is -0.479 e. The van der Waals surface area contributed by atoms with E-state index in [4.69, 9.17) is 8.94 Å². The van der Waals surface area contributed by atoms with E-state index in [0.717, 1.165) is 5.56 Å². The van der Waals surface area contributed by atoms with Crippen molar-refractivity contribution >= 4 is 23.1 Å². The molecule has 0 spiro atoms. The molecule has 8 heteroatoms. The maximum Gasteiger partial charge on any atom is 0.312 e. The molecule has 138 valence electrons. The molecule has 0 aliphatic carbocycles. The van der Waals surface area contributed by atoms with Gasteiger partial charge in [0.05, 0.1) is 6.21 Å².